The zero-order valence-corrected chi connectivity index (χ0v) is 8.95. The molecule has 1 aromatic rings. The van der Waals surface area contributed by atoms with Crippen molar-refractivity contribution >= 4 is 23.3 Å². The highest BCUT2D eigenvalue weighted by Crippen LogP contribution is 2.27. The first-order valence-corrected chi connectivity index (χ1v) is 4.65. The van der Waals surface area contributed by atoms with E-state index in [9.17, 15) is 19.3 Å². The highest BCUT2D eigenvalue weighted by atomic mass is 35.5. The third-order valence-electron chi connectivity index (χ3n) is 1.73. The van der Waals surface area contributed by atoms with Crippen molar-refractivity contribution in [1.29, 1.82) is 0 Å². The van der Waals surface area contributed by atoms with E-state index in [4.69, 9.17) is 11.6 Å². The first-order valence-electron chi connectivity index (χ1n) is 4.28. The lowest BCUT2D eigenvalue weighted by atomic mass is 10.2. The minimum Gasteiger partial charge on any atom is -0.462 e. The maximum absolute atomic E-state index is 13.3. The minimum absolute atomic E-state index is 0.0763. The van der Waals surface area contributed by atoms with Crippen molar-refractivity contribution in [1.82, 2.24) is 0 Å². The summed E-state index contributed by atoms with van der Waals surface area (Å²) in [6, 6.07) is 1.47. The number of nitro benzene ring substituents is 1. The topological polar surface area (TPSA) is 69.4 Å². The van der Waals surface area contributed by atoms with Gasteiger partial charge in [-0.05, 0) is 13.0 Å². The van der Waals surface area contributed by atoms with Crippen LogP contribution in [0.3, 0.4) is 0 Å². The molecule has 7 heteroatoms. The van der Waals surface area contributed by atoms with Crippen LogP contribution < -0.4 is 0 Å². The van der Waals surface area contributed by atoms with Crippen LogP contribution in [0, 0.1) is 15.9 Å². The zero-order valence-electron chi connectivity index (χ0n) is 8.20. The second-order valence-electron chi connectivity index (χ2n) is 2.76. The van der Waals surface area contributed by atoms with Crippen LogP contribution >= 0.6 is 11.6 Å². The van der Waals surface area contributed by atoms with Gasteiger partial charge in [0, 0.05) is 0 Å². The number of halogens is 2. The first kappa shape index (κ1) is 12.4. The average Bonchev–Trinajstić information content (AvgIpc) is 2.20. The van der Waals surface area contributed by atoms with Gasteiger partial charge in [-0.2, -0.15) is 0 Å². The quantitative estimate of drug-likeness (QED) is 0.468. The van der Waals surface area contributed by atoms with Crippen LogP contribution in [0.4, 0.5) is 10.1 Å². The fourth-order valence-corrected chi connectivity index (χ4v) is 1.27. The second kappa shape index (κ2) is 4.89. The lowest BCUT2D eigenvalue weighted by Gasteiger charge is -2.03. The molecule has 0 unspecified atom stereocenters. The van der Waals surface area contributed by atoms with Gasteiger partial charge in [-0.15, -0.1) is 0 Å². The molecule has 0 radical (unpaired) electrons. The fraction of sp³-hybridized carbons (Fsp3) is 0.222. The molecule has 0 amide bonds. The maximum atomic E-state index is 13.3. The highest BCUT2D eigenvalue weighted by Gasteiger charge is 2.21. The molecule has 0 saturated carbocycles. The SMILES string of the molecule is CCOC(=O)c1cc(Cl)c([N+](=O)[O-])cc1F. The number of hydrogen-bond donors (Lipinski definition) is 0. The van der Waals surface area contributed by atoms with Crippen LogP contribution in [0.25, 0.3) is 0 Å². The Kier molecular flexibility index (Phi) is 3.78. The van der Waals surface area contributed by atoms with E-state index < -0.39 is 28.0 Å². The van der Waals surface area contributed by atoms with E-state index in [1.54, 1.807) is 6.92 Å². The number of esters is 1. The van der Waals surface area contributed by atoms with Gasteiger partial charge in [0.25, 0.3) is 5.69 Å². The minimum atomic E-state index is -1.03. The molecule has 0 aliphatic heterocycles. The van der Waals surface area contributed by atoms with Crippen LogP contribution in [0.1, 0.15) is 17.3 Å². The number of carbonyl (C=O) groups is 1. The molecular weight excluding hydrogens is 241 g/mol. The van der Waals surface area contributed by atoms with Gasteiger partial charge in [-0.3, -0.25) is 10.1 Å². The molecule has 0 spiro atoms. The van der Waals surface area contributed by atoms with Crippen molar-refractivity contribution in [2.75, 3.05) is 6.61 Å². The van der Waals surface area contributed by atoms with Crippen LogP contribution in [0.5, 0.6) is 0 Å². The predicted molar refractivity (Wildman–Crippen MR) is 54.0 cm³/mol. The van der Waals surface area contributed by atoms with Crippen molar-refractivity contribution < 1.29 is 18.8 Å². The molecule has 0 saturated heterocycles. The van der Waals surface area contributed by atoms with E-state index in [1.807, 2.05) is 0 Å². The van der Waals surface area contributed by atoms with Gasteiger partial charge in [0.05, 0.1) is 23.2 Å². The third kappa shape index (κ3) is 2.46. The lowest BCUT2D eigenvalue weighted by molar-refractivity contribution is -0.384. The largest absolute Gasteiger partial charge is 0.462 e. The standard InChI is InChI=1S/C9H7ClFNO4/c1-2-16-9(13)5-3-6(10)8(12(14)15)4-7(5)11/h3-4H,2H2,1H3. The Bertz CT molecular complexity index is 449. The van der Waals surface area contributed by atoms with Crippen LogP contribution in [0.2, 0.25) is 5.02 Å². The monoisotopic (exact) mass is 247 g/mol. The molecule has 0 aromatic heterocycles. The Hall–Kier alpha value is -1.69. The molecule has 0 aliphatic rings. The number of nitro groups is 1. The fourth-order valence-electron chi connectivity index (χ4n) is 1.04. The second-order valence-corrected chi connectivity index (χ2v) is 3.17. The molecule has 0 fully saturated rings. The van der Waals surface area contributed by atoms with E-state index in [1.165, 1.54) is 0 Å². The Morgan fingerprint density at radius 3 is 2.75 bits per heavy atom. The Morgan fingerprint density at radius 1 is 1.62 bits per heavy atom. The van der Waals surface area contributed by atoms with Gasteiger partial charge in [0.2, 0.25) is 0 Å². The molecule has 1 aromatic carbocycles. The van der Waals surface area contributed by atoms with Gasteiger partial charge in [0.15, 0.2) is 0 Å². The van der Waals surface area contributed by atoms with Crippen molar-refractivity contribution in [2.45, 2.75) is 6.92 Å². The van der Waals surface area contributed by atoms with Crippen molar-refractivity contribution in [3.8, 4) is 0 Å². The van der Waals surface area contributed by atoms with Gasteiger partial charge < -0.3 is 4.74 Å². The van der Waals surface area contributed by atoms with Crippen molar-refractivity contribution in [2.24, 2.45) is 0 Å². The Morgan fingerprint density at radius 2 is 2.25 bits per heavy atom. The molecule has 1 rings (SSSR count). The molecule has 0 aliphatic carbocycles. The molecule has 86 valence electrons. The molecule has 5 nitrogen and oxygen atoms in total. The molecule has 0 N–H and O–H groups in total. The van der Waals surface area contributed by atoms with Crippen LogP contribution in [-0.4, -0.2) is 17.5 Å². The van der Waals surface area contributed by atoms with E-state index in [-0.39, 0.29) is 11.6 Å². The summed E-state index contributed by atoms with van der Waals surface area (Å²) < 4.78 is 17.9. The summed E-state index contributed by atoms with van der Waals surface area (Å²) in [4.78, 5) is 20.8. The van der Waals surface area contributed by atoms with Gasteiger partial charge in [-0.1, -0.05) is 11.6 Å². The highest BCUT2D eigenvalue weighted by molar-refractivity contribution is 6.33. The number of hydrogen-bond acceptors (Lipinski definition) is 4. The predicted octanol–water partition coefficient (Wildman–Crippen LogP) is 2.56. The summed E-state index contributed by atoms with van der Waals surface area (Å²) in [6.07, 6.45) is 0. The number of rotatable bonds is 3. The number of carbonyl (C=O) groups excluding carboxylic acids is 1. The van der Waals surface area contributed by atoms with Gasteiger partial charge in [0.1, 0.15) is 10.8 Å². The van der Waals surface area contributed by atoms with Crippen LogP contribution in [0.15, 0.2) is 12.1 Å². The summed E-state index contributed by atoms with van der Waals surface area (Å²) in [7, 11) is 0. The maximum Gasteiger partial charge on any atom is 0.341 e. The van der Waals surface area contributed by atoms with E-state index in [0.29, 0.717) is 6.07 Å². The molecule has 0 atom stereocenters. The Balaban J connectivity index is 3.20. The lowest BCUT2D eigenvalue weighted by Crippen LogP contribution is -2.08. The normalized spacial score (nSPS) is 9.94. The van der Waals surface area contributed by atoms with E-state index in [2.05, 4.69) is 4.74 Å². The number of ether oxygens (including phenoxy) is 1. The summed E-state index contributed by atoms with van der Waals surface area (Å²) in [5.41, 5.74) is -1.01. The zero-order chi connectivity index (χ0) is 12.3. The van der Waals surface area contributed by atoms with Crippen LogP contribution in [-0.2, 0) is 4.74 Å². The van der Waals surface area contributed by atoms with Crippen molar-refractivity contribution in [3.05, 3.63) is 38.7 Å². The van der Waals surface area contributed by atoms with Gasteiger partial charge >= 0.3 is 5.97 Å². The Labute approximate surface area is 94.9 Å². The molecule has 16 heavy (non-hydrogen) atoms. The first-order chi connectivity index (χ1) is 7.47. The smallest absolute Gasteiger partial charge is 0.341 e. The van der Waals surface area contributed by atoms with E-state index >= 15 is 0 Å². The summed E-state index contributed by atoms with van der Waals surface area (Å²) in [5, 5.41) is 10.1. The molecule has 0 heterocycles. The van der Waals surface area contributed by atoms with Crippen molar-refractivity contribution in [3.63, 3.8) is 0 Å². The summed E-state index contributed by atoms with van der Waals surface area (Å²) in [5.74, 6) is -1.94. The summed E-state index contributed by atoms with van der Waals surface area (Å²) >= 11 is 5.52. The average molecular weight is 248 g/mol. The third-order valence-corrected chi connectivity index (χ3v) is 2.03. The van der Waals surface area contributed by atoms with E-state index in [0.717, 1.165) is 6.07 Å². The molecular formula is C9H7ClFNO4. The summed E-state index contributed by atoms with van der Waals surface area (Å²) in [6.45, 7) is 1.63. The van der Waals surface area contributed by atoms with Gasteiger partial charge in [-0.25, -0.2) is 9.18 Å². The number of nitrogens with zero attached hydrogens (tertiary/aromatic N) is 1. The molecule has 0 bridgehead atoms. The number of benzene rings is 1.